The van der Waals surface area contributed by atoms with Crippen molar-refractivity contribution in [2.45, 2.75) is 39.5 Å². The number of allylic oxidation sites excluding steroid dienone is 2. The van der Waals surface area contributed by atoms with E-state index >= 15 is 0 Å². The maximum absolute atomic E-state index is 13.5. The summed E-state index contributed by atoms with van der Waals surface area (Å²) in [7, 11) is 4.00. The van der Waals surface area contributed by atoms with Gasteiger partial charge in [0.05, 0.1) is 17.9 Å². The van der Waals surface area contributed by atoms with Gasteiger partial charge in [0.2, 0.25) is 5.95 Å². The van der Waals surface area contributed by atoms with Gasteiger partial charge in [-0.15, -0.1) is 0 Å². The maximum atomic E-state index is 13.5. The van der Waals surface area contributed by atoms with Crippen LogP contribution in [0.15, 0.2) is 60.8 Å². The fraction of sp³-hybridized carbons (Fsp3) is 0.438. The van der Waals surface area contributed by atoms with Crippen LogP contribution in [0.1, 0.15) is 50.2 Å². The Morgan fingerprint density at radius 1 is 1.12 bits per heavy atom. The van der Waals surface area contributed by atoms with Crippen molar-refractivity contribution in [3.63, 3.8) is 0 Å². The number of hydrogen-bond acceptors (Lipinski definition) is 9. The first-order chi connectivity index (χ1) is 19.6. The maximum Gasteiger partial charge on any atom is 0.229 e. The zero-order valence-electron chi connectivity index (χ0n) is 25.1. The van der Waals surface area contributed by atoms with Crippen molar-refractivity contribution in [3.05, 3.63) is 72.1 Å². The number of aromatic nitrogens is 3. The number of piperazine rings is 1. The van der Waals surface area contributed by atoms with Gasteiger partial charge in [0.25, 0.3) is 0 Å². The Hall–Kier alpha value is -3.82. The van der Waals surface area contributed by atoms with Crippen LogP contribution in [0.25, 0.3) is 0 Å². The summed E-state index contributed by atoms with van der Waals surface area (Å²) < 4.78 is 0. The van der Waals surface area contributed by atoms with Crippen molar-refractivity contribution in [2.75, 3.05) is 62.0 Å². The van der Waals surface area contributed by atoms with Gasteiger partial charge in [0.1, 0.15) is 11.6 Å². The molecule has 3 aromatic rings. The third-order valence-electron chi connectivity index (χ3n) is 7.68. The van der Waals surface area contributed by atoms with Gasteiger partial charge in [-0.2, -0.15) is 4.98 Å². The number of carbonyl (C=O) groups is 1. The Kier molecular flexibility index (Phi) is 9.73. The standard InChI is InChI=1S/C32H43N7O2/c1-7-8-10-23(2)29(41)26-21-33-31(34-24-13-15-25(16-14-24)39-19-17-37(5)18-20-39)36-30(26)38(6)28-12-9-11-27(35-28)32(3,4)22-40/h7-9,11-16,21,23,40H,10,17-20,22H2,1-6H3,(H,33,34,36)/b8-7-. The van der Waals surface area contributed by atoms with Crippen LogP contribution in [0.3, 0.4) is 0 Å². The Balaban J connectivity index is 1.64. The van der Waals surface area contributed by atoms with Crippen LogP contribution >= 0.6 is 0 Å². The van der Waals surface area contributed by atoms with E-state index in [9.17, 15) is 9.90 Å². The molecule has 9 heteroatoms. The molecular formula is C32H43N7O2. The molecule has 0 spiro atoms. The molecule has 1 unspecified atom stereocenters. The second-order valence-electron chi connectivity index (χ2n) is 11.4. The summed E-state index contributed by atoms with van der Waals surface area (Å²) in [4.78, 5) is 34.2. The molecule has 0 amide bonds. The number of benzene rings is 1. The molecule has 4 rings (SSSR count). The van der Waals surface area contributed by atoms with Crippen LogP contribution in [-0.2, 0) is 5.41 Å². The second kappa shape index (κ2) is 13.2. The third-order valence-corrected chi connectivity index (χ3v) is 7.68. The van der Waals surface area contributed by atoms with Crippen molar-refractivity contribution < 1.29 is 9.90 Å². The lowest BCUT2D eigenvalue weighted by Crippen LogP contribution is -2.44. The van der Waals surface area contributed by atoms with Crippen molar-refractivity contribution in [1.82, 2.24) is 19.9 Å². The van der Waals surface area contributed by atoms with E-state index in [1.807, 2.05) is 82.1 Å². The quantitative estimate of drug-likeness (QED) is 0.244. The van der Waals surface area contributed by atoms with Crippen LogP contribution < -0.4 is 15.1 Å². The van der Waals surface area contributed by atoms with Gasteiger partial charge in [-0.05, 0) is 56.8 Å². The normalized spacial score (nSPS) is 15.2. The Morgan fingerprint density at radius 2 is 1.83 bits per heavy atom. The highest BCUT2D eigenvalue weighted by molar-refractivity contribution is 6.02. The van der Waals surface area contributed by atoms with Crippen LogP contribution in [0.5, 0.6) is 0 Å². The molecule has 1 aliphatic rings. The Labute approximate surface area is 243 Å². The summed E-state index contributed by atoms with van der Waals surface area (Å²) in [6, 6.07) is 14.0. The van der Waals surface area contributed by atoms with Crippen LogP contribution in [0.4, 0.5) is 29.0 Å². The largest absolute Gasteiger partial charge is 0.395 e. The summed E-state index contributed by atoms with van der Waals surface area (Å²) in [6.07, 6.45) is 6.19. The number of carbonyl (C=O) groups excluding carboxylic acids is 1. The van der Waals surface area contributed by atoms with Crippen LogP contribution in [0, 0.1) is 5.92 Å². The second-order valence-corrected chi connectivity index (χ2v) is 11.4. The van der Waals surface area contributed by atoms with Gasteiger partial charge in [0, 0.05) is 62.1 Å². The van der Waals surface area contributed by atoms with Gasteiger partial charge in [-0.1, -0.05) is 39.0 Å². The molecule has 2 aromatic heterocycles. The number of aliphatic hydroxyl groups is 1. The Bertz CT molecular complexity index is 1350. The van der Waals surface area contributed by atoms with Crippen molar-refractivity contribution in [1.29, 1.82) is 0 Å². The molecule has 9 nitrogen and oxygen atoms in total. The zero-order valence-corrected chi connectivity index (χ0v) is 25.1. The first-order valence-electron chi connectivity index (χ1n) is 14.3. The first-order valence-corrected chi connectivity index (χ1v) is 14.3. The van der Waals surface area contributed by atoms with E-state index in [2.05, 4.69) is 39.3 Å². The van der Waals surface area contributed by atoms with E-state index in [0.29, 0.717) is 29.6 Å². The van der Waals surface area contributed by atoms with E-state index in [1.54, 1.807) is 6.20 Å². The van der Waals surface area contributed by atoms with E-state index in [0.717, 1.165) is 37.6 Å². The predicted molar refractivity (Wildman–Crippen MR) is 167 cm³/mol. The predicted octanol–water partition coefficient (Wildman–Crippen LogP) is 5.19. The average Bonchev–Trinajstić information content (AvgIpc) is 3.00. The fourth-order valence-corrected chi connectivity index (χ4v) is 4.70. The minimum Gasteiger partial charge on any atom is -0.395 e. The molecule has 0 bridgehead atoms. The lowest BCUT2D eigenvalue weighted by atomic mass is 9.90. The average molecular weight is 558 g/mol. The zero-order chi connectivity index (χ0) is 29.6. The molecule has 3 heterocycles. The molecule has 218 valence electrons. The molecule has 1 aliphatic heterocycles. The number of ketones is 1. The molecule has 41 heavy (non-hydrogen) atoms. The lowest BCUT2D eigenvalue weighted by molar-refractivity contribution is 0.0931. The topological polar surface area (TPSA) is 97.7 Å². The third kappa shape index (κ3) is 7.28. The number of nitrogens with one attached hydrogen (secondary N) is 1. The highest BCUT2D eigenvalue weighted by atomic mass is 16.3. The summed E-state index contributed by atoms with van der Waals surface area (Å²) in [5, 5.41) is 13.2. The molecule has 0 saturated carbocycles. The molecule has 1 fully saturated rings. The van der Waals surface area contributed by atoms with Crippen LogP contribution in [0.2, 0.25) is 0 Å². The van der Waals surface area contributed by atoms with E-state index < -0.39 is 5.41 Å². The first kappa shape index (κ1) is 30.1. The van der Waals surface area contributed by atoms with E-state index in [1.165, 1.54) is 5.69 Å². The summed E-state index contributed by atoms with van der Waals surface area (Å²) in [5.41, 5.74) is 2.74. The van der Waals surface area contributed by atoms with Gasteiger partial charge < -0.3 is 25.1 Å². The van der Waals surface area contributed by atoms with Gasteiger partial charge >= 0.3 is 0 Å². The number of nitrogens with zero attached hydrogens (tertiary/aromatic N) is 6. The van der Waals surface area contributed by atoms with Crippen molar-refractivity contribution in [3.8, 4) is 0 Å². The smallest absolute Gasteiger partial charge is 0.229 e. The highest BCUT2D eigenvalue weighted by Gasteiger charge is 2.25. The number of anilines is 5. The molecule has 1 saturated heterocycles. The van der Waals surface area contributed by atoms with Gasteiger partial charge in [-0.3, -0.25) is 4.79 Å². The molecular weight excluding hydrogens is 514 g/mol. The molecule has 0 radical (unpaired) electrons. The highest BCUT2D eigenvalue weighted by Crippen LogP contribution is 2.30. The van der Waals surface area contributed by atoms with E-state index in [4.69, 9.17) is 9.97 Å². The number of hydrogen-bond donors (Lipinski definition) is 2. The SMILES string of the molecule is C/C=C\CC(C)C(=O)c1cnc(Nc2ccc(N3CCN(C)CC3)cc2)nc1N(C)c1cccc(C(C)(C)CO)n1. The van der Waals surface area contributed by atoms with Crippen LogP contribution in [-0.4, -0.2) is 77.6 Å². The molecule has 0 aliphatic carbocycles. The Morgan fingerprint density at radius 3 is 2.49 bits per heavy atom. The van der Waals surface area contributed by atoms with Crippen molar-refractivity contribution in [2.24, 2.45) is 5.92 Å². The number of rotatable bonds is 11. The summed E-state index contributed by atoms with van der Waals surface area (Å²) >= 11 is 0. The summed E-state index contributed by atoms with van der Waals surface area (Å²) in [6.45, 7) is 11.8. The molecule has 2 N–H and O–H groups in total. The minimum atomic E-state index is -0.509. The lowest BCUT2D eigenvalue weighted by Gasteiger charge is -2.34. The van der Waals surface area contributed by atoms with Gasteiger partial charge in [-0.25, -0.2) is 9.97 Å². The number of likely N-dealkylation sites (N-methyl/N-ethyl adjacent to an activating group) is 1. The van der Waals surface area contributed by atoms with E-state index in [-0.39, 0.29) is 18.3 Å². The molecule has 1 atom stereocenters. The number of aliphatic hydroxyl groups excluding tert-OH is 1. The van der Waals surface area contributed by atoms with Crippen molar-refractivity contribution >= 4 is 34.7 Å². The fourth-order valence-electron chi connectivity index (χ4n) is 4.70. The summed E-state index contributed by atoms with van der Waals surface area (Å²) in [5.74, 6) is 1.24. The minimum absolute atomic E-state index is 0.0279. The molecule has 1 aromatic carbocycles. The van der Waals surface area contributed by atoms with Gasteiger partial charge in [0.15, 0.2) is 5.78 Å². The number of pyridine rings is 1. The number of Topliss-reactive ketones (excluding diaryl/α,β-unsaturated/α-hetero) is 1. The monoisotopic (exact) mass is 557 g/mol.